The fourth-order valence-electron chi connectivity index (χ4n) is 3.92. The molecule has 0 aliphatic carbocycles. The second kappa shape index (κ2) is 9.62. The Balaban J connectivity index is 1.99. The van der Waals surface area contributed by atoms with E-state index in [2.05, 4.69) is 15.0 Å². The van der Waals surface area contributed by atoms with Crippen LogP contribution in [0.15, 0.2) is 30.6 Å². The van der Waals surface area contributed by atoms with E-state index in [4.69, 9.17) is 38.4 Å². The van der Waals surface area contributed by atoms with Crippen molar-refractivity contribution in [2.45, 2.75) is 25.9 Å². The first-order chi connectivity index (χ1) is 17.0. The number of pyridine rings is 1. The zero-order valence-electron chi connectivity index (χ0n) is 19.1. The van der Waals surface area contributed by atoms with Gasteiger partial charge in [-0.25, -0.2) is 19.3 Å². The highest BCUT2D eigenvalue weighted by molar-refractivity contribution is 6.33. The number of alkyl halides is 3. The molecule has 2 N–H and O–H groups in total. The number of nitrogens with zero attached hydrogens (tertiary/aromatic N) is 4. The van der Waals surface area contributed by atoms with Crippen LogP contribution in [-0.2, 0) is 6.18 Å². The van der Waals surface area contributed by atoms with E-state index < -0.39 is 29.5 Å². The Kier molecular flexibility index (Phi) is 6.89. The molecular weight excluding hydrogens is 525 g/mol. The first-order valence-corrected chi connectivity index (χ1v) is 11.3. The van der Waals surface area contributed by atoms with Gasteiger partial charge in [-0.3, -0.25) is 4.40 Å². The number of nitrogens with two attached hydrogens (primary N) is 1. The number of aromatic nitrogens is 4. The van der Waals surface area contributed by atoms with Gasteiger partial charge in [0.15, 0.2) is 16.8 Å². The maximum atomic E-state index is 15.5. The Morgan fingerprint density at radius 1 is 1.19 bits per heavy atom. The number of hydrogen-bond donors (Lipinski definition) is 1. The van der Waals surface area contributed by atoms with Gasteiger partial charge in [0, 0.05) is 23.9 Å². The highest BCUT2D eigenvalue weighted by atomic mass is 35.5. The van der Waals surface area contributed by atoms with Crippen LogP contribution in [0.2, 0.25) is 10.2 Å². The number of methoxy groups -OCH3 is 1. The average molecular weight is 544 g/mol. The van der Waals surface area contributed by atoms with E-state index in [1.54, 1.807) is 24.4 Å². The maximum absolute atomic E-state index is 15.5. The van der Waals surface area contributed by atoms with Crippen LogP contribution in [0.5, 0.6) is 11.6 Å². The maximum Gasteiger partial charge on any atom is 0.433 e. The van der Waals surface area contributed by atoms with Crippen molar-refractivity contribution < 1.29 is 27.0 Å². The molecule has 1 aromatic carbocycles. The number of imidazole rings is 1. The molecule has 7 nitrogen and oxygen atoms in total. The number of hydrogen-bond acceptors (Lipinski definition) is 6. The van der Waals surface area contributed by atoms with E-state index in [0.29, 0.717) is 16.9 Å². The Hall–Kier alpha value is -3.31. The number of halogens is 6. The van der Waals surface area contributed by atoms with Gasteiger partial charge in [0.1, 0.15) is 22.8 Å². The Bertz CT molecular complexity index is 1460. The van der Waals surface area contributed by atoms with E-state index >= 15 is 4.39 Å². The second-order valence-corrected chi connectivity index (χ2v) is 8.43. The predicted octanol–water partition coefficient (Wildman–Crippen LogP) is 6.40. The van der Waals surface area contributed by atoms with Crippen LogP contribution in [-0.4, -0.2) is 33.1 Å². The molecule has 3 heterocycles. The lowest BCUT2D eigenvalue weighted by atomic mass is 9.93. The lowest BCUT2D eigenvalue weighted by molar-refractivity contribution is -0.141. The minimum Gasteiger partial charge on any atom is -0.493 e. The Labute approximate surface area is 212 Å². The van der Waals surface area contributed by atoms with Gasteiger partial charge in [-0.2, -0.15) is 13.2 Å². The van der Waals surface area contributed by atoms with Crippen LogP contribution in [0, 0.1) is 5.82 Å². The van der Waals surface area contributed by atoms with Crippen LogP contribution >= 0.6 is 23.2 Å². The molecule has 0 amide bonds. The molecule has 36 heavy (non-hydrogen) atoms. The monoisotopic (exact) mass is 543 g/mol. The van der Waals surface area contributed by atoms with Gasteiger partial charge >= 0.3 is 6.18 Å². The van der Waals surface area contributed by atoms with Gasteiger partial charge in [0.05, 0.1) is 29.9 Å². The molecule has 0 aliphatic heterocycles. The number of benzene rings is 1. The van der Waals surface area contributed by atoms with Crippen molar-refractivity contribution >= 4 is 34.5 Å². The number of nitrogen functional groups attached to an aromatic ring is 1. The standard InChI is InChI=1S/C23H19Cl2F4N5O2/c1-4-36-18-12(10(2)21-33-19(25)17-20(30)31-7-8-34(17)21)9-13(24)16(26)15(18)11-5-6-14(23(27,28)29)32-22(11)35-3/h5-10H,4H2,1-3H3,(H2,30,31). The molecule has 13 heteroatoms. The molecule has 3 aromatic heterocycles. The highest BCUT2D eigenvalue weighted by Crippen LogP contribution is 2.46. The van der Waals surface area contributed by atoms with Gasteiger partial charge in [-0.05, 0) is 25.1 Å². The average Bonchev–Trinajstić information content (AvgIpc) is 3.18. The summed E-state index contributed by atoms with van der Waals surface area (Å²) in [7, 11) is 1.13. The van der Waals surface area contributed by atoms with Gasteiger partial charge in [-0.15, -0.1) is 0 Å². The largest absolute Gasteiger partial charge is 0.493 e. The molecular formula is C23H19Cl2F4N5O2. The molecule has 0 bridgehead atoms. The quantitative estimate of drug-likeness (QED) is 0.283. The van der Waals surface area contributed by atoms with Crippen molar-refractivity contribution in [3.05, 3.63) is 63.7 Å². The molecule has 1 atom stereocenters. The Morgan fingerprint density at radius 3 is 2.56 bits per heavy atom. The summed E-state index contributed by atoms with van der Waals surface area (Å²) >= 11 is 12.6. The SMILES string of the molecule is CCOc1c(C(C)c2nc(Cl)c3c(N)nccn23)cc(Cl)c(F)c1-c1ccc(C(F)(F)F)nc1OC. The van der Waals surface area contributed by atoms with Gasteiger partial charge in [0.2, 0.25) is 5.88 Å². The smallest absolute Gasteiger partial charge is 0.433 e. The molecule has 0 aliphatic rings. The van der Waals surface area contributed by atoms with E-state index in [-0.39, 0.29) is 39.5 Å². The minimum atomic E-state index is -4.72. The van der Waals surface area contributed by atoms with E-state index in [1.165, 1.54) is 12.3 Å². The second-order valence-electron chi connectivity index (χ2n) is 7.66. The molecule has 4 aromatic rings. The first kappa shape index (κ1) is 25.8. The summed E-state index contributed by atoms with van der Waals surface area (Å²) in [4.78, 5) is 12.0. The fraction of sp³-hybridized carbons (Fsp3) is 0.261. The third kappa shape index (κ3) is 4.37. The zero-order chi connectivity index (χ0) is 26.4. The molecule has 0 saturated heterocycles. The summed E-state index contributed by atoms with van der Waals surface area (Å²) in [6.07, 6.45) is -1.63. The van der Waals surface area contributed by atoms with Crippen LogP contribution in [0.4, 0.5) is 23.4 Å². The minimum absolute atomic E-state index is 0.0432. The molecule has 0 fully saturated rings. The van der Waals surface area contributed by atoms with Crippen molar-refractivity contribution in [3.63, 3.8) is 0 Å². The van der Waals surface area contributed by atoms with Crippen molar-refractivity contribution in [3.8, 4) is 22.8 Å². The lowest BCUT2D eigenvalue weighted by Gasteiger charge is -2.22. The predicted molar refractivity (Wildman–Crippen MR) is 127 cm³/mol. The summed E-state index contributed by atoms with van der Waals surface area (Å²) in [5.41, 5.74) is 5.29. The van der Waals surface area contributed by atoms with E-state index in [1.807, 2.05) is 0 Å². The summed E-state index contributed by atoms with van der Waals surface area (Å²) in [6.45, 7) is 3.56. The molecule has 190 valence electrons. The third-order valence-corrected chi connectivity index (χ3v) is 6.06. The van der Waals surface area contributed by atoms with E-state index in [0.717, 1.165) is 19.2 Å². The van der Waals surface area contributed by atoms with Crippen molar-refractivity contribution in [2.24, 2.45) is 0 Å². The van der Waals surface area contributed by atoms with Crippen molar-refractivity contribution in [1.29, 1.82) is 0 Å². The van der Waals surface area contributed by atoms with Gasteiger partial charge < -0.3 is 15.2 Å². The normalized spacial score (nSPS) is 12.7. The summed E-state index contributed by atoms with van der Waals surface area (Å²) < 4.78 is 67.7. The van der Waals surface area contributed by atoms with Crippen LogP contribution in [0.25, 0.3) is 16.6 Å². The van der Waals surface area contributed by atoms with E-state index in [9.17, 15) is 13.2 Å². The summed E-state index contributed by atoms with van der Waals surface area (Å²) in [5, 5.41) is -0.173. The van der Waals surface area contributed by atoms with Crippen LogP contribution in [0.3, 0.4) is 0 Å². The molecule has 1 unspecified atom stereocenters. The summed E-state index contributed by atoms with van der Waals surface area (Å²) in [5.74, 6) is -1.30. The van der Waals surface area contributed by atoms with Crippen molar-refractivity contribution in [2.75, 3.05) is 19.5 Å². The highest BCUT2D eigenvalue weighted by Gasteiger charge is 2.35. The molecule has 4 rings (SSSR count). The van der Waals surface area contributed by atoms with Crippen LogP contribution in [0.1, 0.15) is 36.8 Å². The third-order valence-electron chi connectivity index (χ3n) is 5.52. The zero-order valence-corrected chi connectivity index (χ0v) is 20.6. The van der Waals surface area contributed by atoms with Crippen LogP contribution < -0.4 is 15.2 Å². The molecule has 0 spiro atoms. The number of rotatable bonds is 6. The summed E-state index contributed by atoms with van der Waals surface area (Å²) in [6, 6.07) is 3.17. The first-order valence-electron chi connectivity index (χ1n) is 10.5. The number of fused-ring (bicyclic) bond motifs is 1. The topological polar surface area (TPSA) is 87.6 Å². The lowest BCUT2D eigenvalue weighted by Crippen LogP contribution is -2.11. The van der Waals surface area contributed by atoms with Gasteiger partial charge in [0.25, 0.3) is 0 Å². The van der Waals surface area contributed by atoms with Gasteiger partial charge in [-0.1, -0.05) is 30.1 Å². The molecule has 0 saturated carbocycles. The van der Waals surface area contributed by atoms with Crippen molar-refractivity contribution in [1.82, 2.24) is 19.4 Å². The molecule has 0 radical (unpaired) electrons. The Morgan fingerprint density at radius 2 is 1.92 bits per heavy atom. The fourth-order valence-corrected chi connectivity index (χ4v) is 4.41. The number of ether oxygens (including phenoxy) is 2. The number of anilines is 1.